The summed E-state index contributed by atoms with van der Waals surface area (Å²) in [5, 5.41) is 34.8. The zero-order chi connectivity index (χ0) is 24.3. The Bertz CT molecular complexity index is 660. The fourth-order valence-corrected chi connectivity index (χ4v) is 2.65. The number of aliphatic hydroxyl groups is 1. The molecular formula is C18H32N4O8S. The van der Waals surface area contributed by atoms with Crippen molar-refractivity contribution >= 4 is 42.3 Å². The third kappa shape index (κ3) is 9.98. The number of carboxylic acid groups (broad SMARTS) is 2. The van der Waals surface area contributed by atoms with E-state index in [1.54, 1.807) is 13.8 Å². The maximum absolute atomic E-state index is 12.8. The van der Waals surface area contributed by atoms with Crippen LogP contribution in [-0.4, -0.2) is 81.0 Å². The predicted octanol–water partition coefficient (Wildman–Crippen LogP) is -1.93. The first-order valence-electron chi connectivity index (χ1n) is 9.75. The first-order valence-corrected chi connectivity index (χ1v) is 10.4. The molecule has 0 aromatic carbocycles. The number of rotatable bonds is 14. The van der Waals surface area contributed by atoms with E-state index in [0.717, 1.165) is 0 Å². The van der Waals surface area contributed by atoms with Crippen LogP contribution >= 0.6 is 12.6 Å². The molecule has 0 aliphatic heterocycles. The predicted molar refractivity (Wildman–Crippen MR) is 113 cm³/mol. The lowest BCUT2D eigenvalue weighted by molar-refractivity contribution is -0.144. The molecule has 0 heterocycles. The molecule has 0 spiro atoms. The highest BCUT2D eigenvalue weighted by Crippen LogP contribution is 2.10. The summed E-state index contributed by atoms with van der Waals surface area (Å²) in [6.45, 7) is 4.69. The summed E-state index contributed by atoms with van der Waals surface area (Å²) in [6, 6.07) is -5.09. The number of aliphatic carboxylic acids is 2. The summed E-state index contributed by atoms with van der Waals surface area (Å²) >= 11 is 3.93. The zero-order valence-electron chi connectivity index (χ0n) is 17.7. The molecular weight excluding hydrogens is 432 g/mol. The van der Waals surface area contributed by atoms with Gasteiger partial charge >= 0.3 is 11.9 Å². The van der Waals surface area contributed by atoms with Gasteiger partial charge in [-0.2, -0.15) is 12.6 Å². The summed E-state index contributed by atoms with van der Waals surface area (Å²) in [7, 11) is 0. The first kappa shape index (κ1) is 28.6. The molecule has 0 aromatic rings. The molecule has 0 saturated carbocycles. The number of thiol groups is 1. The minimum Gasteiger partial charge on any atom is -0.481 e. The van der Waals surface area contributed by atoms with Gasteiger partial charge < -0.3 is 37.0 Å². The number of carbonyl (C=O) groups is 5. The number of carbonyl (C=O) groups excluding carboxylic acids is 3. The van der Waals surface area contributed by atoms with Crippen LogP contribution in [0.1, 0.15) is 40.0 Å². The second-order valence-electron chi connectivity index (χ2n) is 7.22. The molecule has 3 amide bonds. The maximum atomic E-state index is 12.8. The van der Waals surface area contributed by atoms with Gasteiger partial charge in [0.25, 0.3) is 0 Å². The van der Waals surface area contributed by atoms with Crippen molar-refractivity contribution < 1.29 is 39.3 Å². The Hall–Kier alpha value is -2.38. The van der Waals surface area contributed by atoms with E-state index < -0.39 is 66.4 Å². The quantitative estimate of drug-likeness (QED) is 0.134. The molecule has 6 atom stereocenters. The summed E-state index contributed by atoms with van der Waals surface area (Å²) in [5.74, 6) is -5.41. The van der Waals surface area contributed by atoms with Crippen molar-refractivity contribution in [2.75, 3.05) is 5.75 Å². The Balaban J connectivity index is 5.43. The maximum Gasteiger partial charge on any atom is 0.326 e. The Labute approximate surface area is 185 Å². The van der Waals surface area contributed by atoms with Crippen LogP contribution < -0.4 is 21.7 Å². The molecule has 0 aromatic heterocycles. The van der Waals surface area contributed by atoms with Crippen LogP contribution in [0.5, 0.6) is 0 Å². The standard InChI is InChI=1S/C18H32N4O8S/c1-4-8(2)13(21-15(26)10(19)7-31)16(27)22-14(9(3)23)17(28)20-11(18(29)30)5-6-12(24)25/h8-11,13-14,23,31H,4-7,19H2,1-3H3,(H,20,28)(H,21,26)(H,22,27)(H,24,25)(H,29,30). The van der Waals surface area contributed by atoms with E-state index in [-0.39, 0.29) is 18.1 Å². The van der Waals surface area contributed by atoms with Crippen LogP contribution in [0.3, 0.4) is 0 Å². The molecule has 0 aliphatic carbocycles. The van der Waals surface area contributed by atoms with Crippen LogP contribution in [0, 0.1) is 5.92 Å². The van der Waals surface area contributed by atoms with Gasteiger partial charge in [0.15, 0.2) is 0 Å². The van der Waals surface area contributed by atoms with Crippen molar-refractivity contribution in [3.63, 3.8) is 0 Å². The molecule has 0 rings (SSSR count). The van der Waals surface area contributed by atoms with Crippen LogP contribution in [0.4, 0.5) is 0 Å². The lowest BCUT2D eigenvalue weighted by atomic mass is 9.97. The minimum absolute atomic E-state index is 0.0479. The van der Waals surface area contributed by atoms with E-state index in [4.69, 9.17) is 10.8 Å². The molecule has 0 aliphatic rings. The molecule has 6 unspecified atom stereocenters. The van der Waals surface area contributed by atoms with E-state index in [2.05, 4.69) is 28.6 Å². The van der Waals surface area contributed by atoms with E-state index >= 15 is 0 Å². The van der Waals surface area contributed by atoms with E-state index in [1.165, 1.54) is 6.92 Å². The average Bonchev–Trinajstić information content (AvgIpc) is 2.70. The second-order valence-corrected chi connectivity index (χ2v) is 7.58. The summed E-state index contributed by atoms with van der Waals surface area (Å²) in [6.07, 6.45) is -1.80. The van der Waals surface area contributed by atoms with Gasteiger partial charge in [-0.3, -0.25) is 19.2 Å². The molecule has 12 nitrogen and oxygen atoms in total. The molecule has 0 saturated heterocycles. The number of carboxylic acids is 2. The number of nitrogens with one attached hydrogen (secondary N) is 3. The molecule has 13 heteroatoms. The highest BCUT2D eigenvalue weighted by molar-refractivity contribution is 7.80. The molecule has 0 fully saturated rings. The molecule has 0 bridgehead atoms. The Kier molecular flexibility index (Phi) is 12.8. The monoisotopic (exact) mass is 464 g/mol. The molecule has 178 valence electrons. The summed E-state index contributed by atoms with van der Waals surface area (Å²) < 4.78 is 0. The van der Waals surface area contributed by atoms with Gasteiger partial charge in [0.2, 0.25) is 17.7 Å². The normalized spacial score (nSPS) is 16.7. The lowest BCUT2D eigenvalue weighted by Gasteiger charge is -2.28. The van der Waals surface area contributed by atoms with Crippen LogP contribution in [-0.2, 0) is 24.0 Å². The number of nitrogens with two attached hydrogens (primary N) is 1. The number of aliphatic hydroxyl groups excluding tert-OH is 1. The van der Waals surface area contributed by atoms with Gasteiger partial charge in [-0.25, -0.2) is 4.79 Å². The summed E-state index contributed by atoms with van der Waals surface area (Å²) in [5.41, 5.74) is 5.62. The van der Waals surface area contributed by atoms with Crippen molar-refractivity contribution in [1.82, 2.24) is 16.0 Å². The average molecular weight is 465 g/mol. The smallest absolute Gasteiger partial charge is 0.326 e. The third-order valence-corrected chi connectivity index (χ3v) is 5.04. The number of hydrogen-bond acceptors (Lipinski definition) is 8. The third-order valence-electron chi connectivity index (χ3n) is 4.65. The Morgan fingerprint density at radius 2 is 1.45 bits per heavy atom. The van der Waals surface area contributed by atoms with Crippen molar-refractivity contribution in [2.24, 2.45) is 11.7 Å². The van der Waals surface area contributed by atoms with Gasteiger partial charge in [-0.05, 0) is 19.3 Å². The SMILES string of the molecule is CCC(C)C(NC(=O)C(N)CS)C(=O)NC(C(=O)NC(CCC(=O)O)C(=O)O)C(C)O. The van der Waals surface area contributed by atoms with Crippen molar-refractivity contribution in [3.8, 4) is 0 Å². The lowest BCUT2D eigenvalue weighted by Crippen LogP contribution is -2.61. The fourth-order valence-electron chi connectivity index (χ4n) is 2.48. The first-order chi connectivity index (χ1) is 14.3. The fraction of sp³-hybridized carbons (Fsp3) is 0.722. The van der Waals surface area contributed by atoms with Gasteiger partial charge in [0.1, 0.15) is 18.1 Å². The van der Waals surface area contributed by atoms with Crippen LogP contribution in [0.15, 0.2) is 0 Å². The number of hydrogen-bond donors (Lipinski definition) is 8. The number of amides is 3. The molecule has 31 heavy (non-hydrogen) atoms. The minimum atomic E-state index is -1.54. The zero-order valence-corrected chi connectivity index (χ0v) is 18.6. The van der Waals surface area contributed by atoms with Gasteiger partial charge in [0.05, 0.1) is 12.1 Å². The van der Waals surface area contributed by atoms with Crippen LogP contribution in [0.25, 0.3) is 0 Å². The topological polar surface area (TPSA) is 208 Å². The van der Waals surface area contributed by atoms with Gasteiger partial charge in [0, 0.05) is 12.2 Å². The Morgan fingerprint density at radius 3 is 1.87 bits per heavy atom. The Morgan fingerprint density at radius 1 is 0.935 bits per heavy atom. The van der Waals surface area contributed by atoms with Crippen molar-refractivity contribution in [2.45, 2.75) is 70.3 Å². The van der Waals surface area contributed by atoms with Gasteiger partial charge in [-0.1, -0.05) is 20.3 Å². The largest absolute Gasteiger partial charge is 0.481 e. The van der Waals surface area contributed by atoms with Gasteiger partial charge in [-0.15, -0.1) is 0 Å². The van der Waals surface area contributed by atoms with Crippen molar-refractivity contribution in [3.05, 3.63) is 0 Å². The highest BCUT2D eigenvalue weighted by atomic mass is 32.1. The highest BCUT2D eigenvalue weighted by Gasteiger charge is 2.34. The van der Waals surface area contributed by atoms with Crippen LogP contribution in [0.2, 0.25) is 0 Å². The van der Waals surface area contributed by atoms with E-state index in [9.17, 15) is 34.2 Å². The second kappa shape index (κ2) is 13.8. The summed E-state index contributed by atoms with van der Waals surface area (Å²) in [4.78, 5) is 59.3. The molecule has 8 N–H and O–H groups in total. The van der Waals surface area contributed by atoms with E-state index in [0.29, 0.717) is 6.42 Å². The molecule has 0 radical (unpaired) electrons. The van der Waals surface area contributed by atoms with E-state index in [1.807, 2.05) is 0 Å². The van der Waals surface area contributed by atoms with Crippen molar-refractivity contribution in [1.29, 1.82) is 0 Å².